The van der Waals surface area contributed by atoms with Gasteiger partial charge in [-0.3, -0.25) is 14.5 Å². The fourth-order valence-electron chi connectivity index (χ4n) is 3.56. The predicted molar refractivity (Wildman–Crippen MR) is 113 cm³/mol. The first kappa shape index (κ1) is 19.3. The van der Waals surface area contributed by atoms with E-state index in [-0.39, 0.29) is 11.4 Å². The van der Waals surface area contributed by atoms with E-state index in [0.717, 1.165) is 22.6 Å². The van der Waals surface area contributed by atoms with Crippen LogP contribution in [0.3, 0.4) is 0 Å². The molecular formula is C22H21N3O3S. The average molecular weight is 407 g/mol. The van der Waals surface area contributed by atoms with Crippen molar-refractivity contribution in [2.24, 2.45) is 0 Å². The van der Waals surface area contributed by atoms with Gasteiger partial charge in [0.1, 0.15) is 5.65 Å². The number of pyridine rings is 1. The highest BCUT2D eigenvalue weighted by Gasteiger charge is 2.43. The lowest BCUT2D eigenvalue weighted by molar-refractivity contribution is -0.117. The molecule has 148 valence electrons. The molecule has 1 aliphatic rings. The van der Waals surface area contributed by atoms with Crippen LogP contribution < -0.4 is 4.90 Å². The zero-order valence-corrected chi connectivity index (χ0v) is 17.0. The molecule has 1 aliphatic heterocycles. The highest BCUT2D eigenvalue weighted by molar-refractivity contribution is 7.99. The van der Waals surface area contributed by atoms with Gasteiger partial charge < -0.3 is 9.51 Å². The molecule has 1 atom stereocenters. The second-order valence-corrected chi connectivity index (χ2v) is 8.06. The third-order valence-corrected chi connectivity index (χ3v) is 6.13. The third kappa shape index (κ3) is 3.42. The molecule has 0 saturated heterocycles. The maximum Gasteiger partial charge on any atom is 0.294 e. The first-order valence-corrected chi connectivity index (χ1v) is 10.4. The Hall–Kier alpha value is -3.06. The van der Waals surface area contributed by atoms with Gasteiger partial charge >= 0.3 is 0 Å². The number of fused-ring (bicyclic) bond motifs is 1. The first-order valence-electron chi connectivity index (χ1n) is 9.44. The summed E-state index contributed by atoms with van der Waals surface area (Å²) in [4.78, 5) is 32.1. The quantitative estimate of drug-likeness (QED) is 0.616. The minimum absolute atomic E-state index is 0.118. The van der Waals surface area contributed by atoms with Crippen molar-refractivity contribution in [2.45, 2.75) is 31.2 Å². The number of thioether (sulfide) groups is 1. The van der Waals surface area contributed by atoms with E-state index in [4.69, 9.17) is 0 Å². The minimum atomic E-state index is -0.678. The molecule has 4 rings (SSSR count). The molecule has 0 radical (unpaired) electrons. The number of aliphatic hydroxyl groups is 1. The van der Waals surface area contributed by atoms with Crippen molar-refractivity contribution in [3.63, 3.8) is 0 Å². The van der Waals surface area contributed by atoms with Gasteiger partial charge in [0.05, 0.1) is 17.3 Å². The second kappa shape index (κ2) is 7.75. The molecule has 7 heteroatoms. The van der Waals surface area contributed by atoms with Crippen LogP contribution in [-0.2, 0) is 9.59 Å². The maximum absolute atomic E-state index is 12.9. The van der Waals surface area contributed by atoms with E-state index in [1.54, 1.807) is 36.3 Å². The summed E-state index contributed by atoms with van der Waals surface area (Å²) in [6.45, 7) is 3.51. The van der Waals surface area contributed by atoms with Crippen LogP contribution in [0.15, 0.2) is 71.2 Å². The normalized spacial score (nSPS) is 16.8. The van der Waals surface area contributed by atoms with Crippen LogP contribution in [0.2, 0.25) is 0 Å². The molecule has 29 heavy (non-hydrogen) atoms. The number of carbonyl (C=O) groups is 2. The number of benzene rings is 1. The lowest BCUT2D eigenvalue weighted by atomic mass is 9.96. The number of carbonyl (C=O) groups excluding carboxylic acids is 2. The number of hydrogen-bond acceptors (Lipinski definition) is 5. The molecule has 1 aromatic carbocycles. The molecule has 1 unspecified atom stereocenters. The molecular weight excluding hydrogens is 386 g/mol. The number of anilines is 1. The molecule has 1 amide bonds. The number of imidazole rings is 1. The fraction of sp³-hybridized carbons (Fsp3) is 0.227. The van der Waals surface area contributed by atoms with E-state index < -0.39 is 17.7 Å². The summed E-state index contributed by atoms with van der Waals surface area (Å²) in [5.74, 6) is -0.373. The Labute approximate surface area is 172 Å². The summed E-state index contributed by atoms with van der Waals surface area (Å²) >= 11 is 1.76. The zero-order valence-electron chi connectivity index (χ0n) is 16.2. The van der Waals surface area contributed by atoms with Gasteiger partial charge in [-0.05, 0) is 42.9 Å². The molecule has 1 N–H and O–H groups in total. The third-order valence-electron chi connectivity index (χ3n) is 4.92. The maximum atomic E-state index is 12.9. The smallest absolute Gasteiger partial charge is 0.294 e. The Kier molecular flexibility index (Phi) is 5.15. The summed E-state index contributed by atoms with van der Waals surface area (Å²) in [6, 6.07) is 10.7. The van der Waals surface area contributed by atoms with Gasteiger partial charge in [-0.15, -0.1) is 11.8 Å². The van der Waals surface area contributed by atoms with Crippen LogP contribution in [0.5, 0.6) is 0 Å². The Bertz CT molecular complexity index is 1120. The Morgan fingerprint density at radius 3 is 2.66 bits per heavy atom. The molecule has 0 fully saturated rings. The Balaban J connectivity index is 1.79. The van der Waals surface area contributed by atoms with Crippen molar-refractivity contribution < 1.29 is 14.7 Å². The van der Waals surface area contributed by atoms with Crippen molar-refractivity contribution in [2.75, 3.05) is 10.7 Å². The molecule has 0 bridgehead atoms. The molecule has 3 aromatic rings. The molecule has 0 spiro atoms. The zero-order chi connectivity index (χ0) is 20.5. The van der Waals surface area contributed by atoms with Gasteiger partial charge in [0.15, 0.2) is 11.5 Å². The summed E-state index contributed by atoms with van der Waals surface area (Å²) < 4.78 is 1.83. The molecule has 6 nitrogen and oxygen atoms in total. The number of hydrogen-bond donors (Lipinski definition) is 1. The number of aliphatic hydroxyl groups excluding tert-OH is 1. The lowest BCUT2D eigenvalue weighted by Gasteiger charge is -2.27. The van der Waals surface area contributed by atoms with Crippen LogP contribution in [0, 0.1) is 0 Å². The van der Waals surface area contributed by atoms with Crippen molar-refractivity contribution in [1.29, 1.82) is 0 Å². The van der Waals surface area contributed by atoms with Crippen molar-refractivity contribution in [3.8, 4) is 0 Å². The number of Topliss-reactive ketones (excluding diaryl/α,β-unsaturated/α-hetero) is 1. The number of rotatable bonds is 6. The van der Waals surface area contributed by atoms with E-state index in [9.17, 15) is 14.7 Å². The minimum Gasteiger partial charge on any atom is -0.503 e. The summed E-state index contributed by atoms with van der Waals surface area (Å²) in [6.07, 6.45) is 6.37. The Morgan fingerprint density at radius 1 is 1.21 bits per heavy atom. The van der Waals surface area contributed by atoms with Gasteiger partial charge in [0, 0.05) is 29.6 Å². The lowest BCUT2D eigenvalue weighted by Crippen LogP contribution is -2.30. The number of aromatic nitrogens is 2. The number of ketones is 1. The van der Waals surface area contributed by atoms with Gasteiger partial charge in [-0.25, -0.2) is 4.98 Å². The van der Waals surface area contributed by atoms with Crippen LogP contribution in [0.4, 0.5) is 5.69 Å². The average Bonchev–Trinajstić information content (AvgIpc) is 3.29. The van der Waals surface area contributed by atoms with Gasteiger partial charge in [-0.2, -0.15) is 0 Å². The van der Waals surface area contributed by atoms with E-state index in [1.165, 1.54) is 11.8 Å². The highest BCUT2D eigenvalue weighted by atomic mass is 32.2. The van der Waals surface area contributed by atoms with Gasteiger partial charge in [0.2, 0.25) is 0 Å². The summed E-state index contributed by atoms with van der Waals surface area (Å²) in [7, 11) is 0. The fourth-order valence-corrected chi connectivity index (χ4v) is 4.33. The summed E-state index contributed by atoms with van der Waals surface area (Å²) in [5, 5.41) is 10.5. The molecule has 3 heterocycles. The summed E-state index contributed by atoms with van der Waals surface area (Å²) in [5.41, 5.74) is 2.14. The van der Waals surface area contributed by atoms with E-state index in [1.807, 2.05) is 34.9 Å². The monoisotopic (exact) mass is 407 g/mol. The second-order valence-electron chi connectivity index (χ2n) is 6.89. The van der Waals surface area contributed by atoms with E-state index in [2.05, 4.69) is 11.9 Å². The molecule has 2 aromatic heterocycles. The van der Waals surface area contributed by atoms with Crippen LogP contribution in [0.25, 0.3) is 5.65 Å². The number of nitrogens with zero attached hydrogens (tertiary/aromatic N) is 3. The van der Waals surface area contributed by atoms with E-state index >= 15 is 0 Å². The number of amides is 1. The van der Waals surface area contributed by atoms with Crippen LogP contribution in [0.1, 0.15) is 31.9 Å². The first-order chi connectivity index (χ1) is 14.0. The van der Waals surface area contributed by atoms with Crippen molar-refractivity contribution >= 4 is 34.8 Å². The predicted octanol–water partition coefficient (Wildman–Crippen LogP) is 4.33. The van der Waals surface area contributed by atoms with Crippen molar-refractivity contribution in [3.05, 3.63) is 71.9 Å². The molecule has 0 saturated carbocycles. The van der Waals surface area contributed by atoms with Gasteiger partial charge in [-0.1, -0.05) is 19.1 Å². The van der Waals surface area contributed by atoms with Crippen molar-refractivity contribution in [1.82, 2.24) is 9.38 Å². The topological polar surface area (TPSA) is 74.9 Å². The van der Waals surface area contributed by atoms with Crippen LogP contribution >= 0.6 is 11.8 Å². The largest absolute Gasteiger partial charge is 0.503 e. The Morgan fingerprint density at radius 2 is 1.97 bits per heavy atom. The highest BCUT2D eigenvalue weighted by Crippen LogP contribution is 2.41. The van der Waals surface area contributed by atoms with Gasteiger partial charge in [0.25, 0.3) is 5.91 Å². The molecule has 0 aliphatic carbocycles. The standard InChI is InChI=1S/C22H21N3O3S/c1-3-12-29-17-6-4-15(5-7-17)20-19(14(2)26)21(27)22(28)25(20)16-8-10-24-11-9-23-18(24)13-16/h4-11,13,20,27H,3,12H2,1-2H3. The SMILES string of the molecule is CCCSc1ccc(C2C(C(C)=O)=C(O)C(=O)N2c2ccn3ccnc3c2)cc1. The van der Waals surface area contributed by atoms with E-state index in [0.29, 0.717) is 11.3 Å². The van der Waals surface area contributed by atoms with Crippen LogP contribution in [-0.4, -0.2) is 31.9 Å².